The minimum Gasteiger partial charge on any atom is -0.249 e. The van der Waals surface area contributed by atoms with Gasteiger partial charge in [-0.25, -0.2) is 4.98 Å². The van der Waals surface area contributed by atoms with Gasteiger partial charge >= 0.3 is 0 Å². The van der Waals surface area contributed by atoms with Crippen LogP contribution in [0, 0.1) is 13.8 Å². The zero-order chi connectivity index (χ0) is 13.3. The third kappa shape index (κ3) is 5.14. The van der Waals surface area contributed by atoms with Crippen molar-refractivity contribution < 1.29 is 0 Å². The average molecular weight is 249 g/mol. The van der Waals surface area contributed by atoms with E-state index in [1.165, 1.54) is 16.0 Å². The number of rotatable bonds is 1. The maximum absolute atomic E-state index is 4.23. The van der Waals surface area contributed by atoms with E-state index in [1.54, 1.807) is 11.3 Å². The van der Waals surface area contributed by atoms with E-state index in [0.29, 0.717) is 0 Å². The highest BCUT2D eigenvalue weighted by Gasteiger charge is 2.00. The van der Waals surface area contributed by atoms with Crippen LogP contribution in [0.15, 0.2) is 30.5 Å². The van der Waals surface area contributed by atoms with E-state index >= 15 is 0 Å². The first kappa shape index (κ1) is 15.9. The van der Waals surface area contributed by atoms with Gasteiger partial charge in [-0.1, -0.05) is 57.5 Å². The van der Waals surface area contributed by atoms with E-state index in [0.717, 1.165) is 5.01 Å². The van der Waals surface area contributed by atoms with Gasteiger partial charge in [0.2, 0.25) is 0 Å². The summed E-state index contributed by atoms with van der Waals surface area (Å²) < 4.78 is 0. The van der Waals surface area contributed by atoms with E-state index in [2.05, 4.69) is 36.2 Å². The summed E-state index contributed by atoms with van der Waals surface area (Å²) in [6, 6.07) is 8.54. The van der Waals surface area contributed by atoms with E-state index in [1.807, 2.05) is 40.8 Å². The Morgan fingerprint density at radius 3 is 1.82 bits per heavy atom. The molecule has 0 aliphatic rings. The molecule has 0 radical (unpaired) electrons. The molecular weight excluding hydrogens is 226 g/mol. The molecule has 94 valence electrons. The number of hydrogen-bond acceptors (Lipinski definition) is 2. The van der Waals surface area contributed by atoms with Crippen LogP contribution in [0.2, 0.25) is 0 Å². The van der Waals surface area contributed by atoms with Crippen molar-refractivity contribution in [3.05, 3.63) is 41.0 Å². The van der Waals surface area contributed by atoms with Crippen LogP contribution in [0.25, 0.3) is 10.4 Å². The van der Waals surface area contributed by atoms with E-state index in [4.69, 9.17) is 0 Å². The fraction of sp³-hybridized carbons (Fsp3) is 0.400. The molecule has 0 spiro atoms. The molecule has 1 heterocycles. The highest BCUT2D eigenvalue weighted by Crippen LogP contribution is 2.25. The van der Waals surface area contributed by atoms with Crippen LogP contribution in [0.4, 0.5) is 0 Å². The van der Waals surface area contributed by atoms with Crippen LogP contribution in [0.3, 0.4) is 0 Å². The molecule has 0 aliphatic heterocycles. The molecule has 0 saturated carbocycles. The van der Waals surface area contributed by atoms with Crippen molar-refractivity contribution in [1.82, 2.24) is 4.98 Å². The maximum Gasteiger partial charge on any atom is 0.0900 e. The molecule has 0 unspecified atom stereocenters. The second kappa shape index (κ2) is 8.94. The number of nitrogens with zero attached hydrogens (tertiary/aromatic N) is 1. The Kier molecular flexibility index (Phi) is 8.34. The van der Waals surface area contributed by atoms with Gasteiger partial charge in [0.1, 0.15) is 0 Å². The van der Waals surface area contributed by atoms with Gasteiger partial charge in [-0.15, -0.1) is 11.3 Å². The monoisotopic (exact) mass is 249 g/mol. The summed E-state index contributed by atoms with van der Waals surface area (Å²) >= 11 is 1.74. The number of aryl methyl sites for hydroxylation is 2. The van der Waals surface area contributed by atoms with Gasteiger partial charge in [0.05, 0.1) is 9.88 Å². The summed E-state index contributed by atoms with van der Waals surface area (Å²) in [5.74, 6) is 0. The van der Waals surface area contributed by atoms with Gasteiger partial charge in [-0.05, 0) is 19.4 Å². The van der Waals surface area contributed by atoms with Crippen molar-refractivity contribution in [2.75, 3.05) is 0 Å². The van der Waals surface area contributed by atoms with Gasteiger partial charge in [0, 0.05) is 6.20 Å². The fourth-order valence-corrected chi connectivity index (χ4v) is 2.00. The predicted octanol–water partition coefficient (Wildman–Crippen LogP) is 5.48. The molecule has 1 aromatic heterocycles. The van der Waals surface area contributed by atoms with E-state index in [9.17, 15) is 0 Å². The van der Waals surface area contributed by atoms with Crippen LogP contribution in [-0.4, -0.2) is 4.98 Å². The molecule has 0 fully saturated rings. The SMILES string of the molecule is CC.CC.Cc1ccc(-c2cnc(C)s2)cc1. The number of hydrogen-bond donors (Lipinski definition) is 0. The van der Waals surface area contributed by atoms with Gasteiger partial charge in [-0.2, -0.15) is 0 Å². The second-order valence-corrected chi connectivity index (χ2v) is 4.34. The lowest BCUT2D eigenvalue weighted by atomic mass is 10.1. The highest BCUT2D eigenvalue weighted by atomic mass is 32.1. The molecule has 1 nitrogen and oxygen atoms in total. The summed E-state index contributed by atoms with van der Waals surface area (Å²) in [7, 11) is 0. The standard InChI is InChI=1S/C11H11NS.2C2H6/c1-8-3-5-10(6-4-8)11-7-12-9(2)13-11;2*1-2/h3-7H,1-2H3;2*1-2H3. The maximum atomic E-state index is 4.23. The Hall–Kier alpha value is -1.15. The number of thiazole rings is 1. The van der Waals surface area contributed by atoms with Crippen molar-refractivity contribution in [3.8, 4) is 10.4 Å². The Balaban J connectivity index is 0.000000581. The van der Waals surface area contributed by atoms with Crippen LogP contribution in [-0.2, 0) is 0 Å². The largest absolute Gasteiger partial charge is 0.249 e. The van der Waals surface area contributed by atoms with Crippen molar-refractivity contribution in [2.24, 2.45) is 0 Å². The van der Waals surface area contributed by atoms with E-state index in [-0.39, 0.29) is 0 Å². The lowest BCUT2D eigenvalue weighted by Gasteiger charge is -1.96. The summed E-state index contributed by atoms with van der Waals surface area (Å²) in [4.78, 5) is 5.48. The van der Waals surface area contributed by atoms with Crippen molar-refractivity contribution >= 4 is 11.3 Å². The van der Waals surface area contributed by atoms with Gasteiger partial charge in [-0.3, -0.25) is 0 Å². The minimum absolute atomic E-state index is 1.12. The molecular formula is C15H23NS. The normalized spacial score (nSPS) is 8.59. The Morgan fingerprint density at radius 2 is 1.41 bits per heavy atom. The lowest BCUT2D eigenvalue weighted by Crippen LogP contribution is -1.73. The molecule has 17 heavy (non-hydrogen) atoms. The first-order valence-electron chi connectivity index (χ1n) is 6.25. The van der Waals surface area contributed by atoms with Gasteiger partial charge in [0.25, 0.3) is 0 Å². The first-order valence-corrected chi connectivity index (χ1v) is 7.07. The van der Waals surface area contributed by atoms with Crippen molar-refractivity contribution in [3.63, 3.8) is 0 Å². The van der Waals surface area contributed by atoms with Gasteiger partial charge in [0.15, 0.2) is 0 Å². The quantitative estimate of drug-likeness (QED) is 0.652. The molecule has 0 N–H and O–H groups in total. The average Bonchev–Trinajstić information content (AvgIpc) is 2.82. The minimum atomic E-state index is 1.12. The second-order valence-electron chi connectivity index (χ2n) is 3.11. The number of benzene rings is 1. The van der Waals surface area contributed by atoms with Crippen LogP contribution in [0.5, 0.6) is 0 Å². The Morgan fingerprint density at radius 1 is 0.882 bits per heavy atom. The first-order chi connectivity index (χ1) is 8.25. The van der Waals surface area contributed by atoms with Gasteiger partial charge < -0.3 is 0 Å². The summed E-state index contributed by atoms with van der Waals surface area (Å²) in [6.07, 6.45) is 1.94. The van der Waals surface area contributed by atoms with E-state index < -0.39 is 0 Å². The molecule has 1 aromatic carbocycles. The fourth-order valence-electron chi connectivity index (χ4n) is 1.21. The molecule has 0 saturated heterocycles. The summed E-state index contributed by atoms with van der Waals surface area (Å²) in [5.41, 5.74) is 2.56. The lowest BCUT2D eigenvalue weighted by molar-refractivity contribution is 1.30. The molecule has 0 bridgehead atoms. The molecule has 0 aliphatic carbocycles. The molecule has 0 atom stereocenters. The molecule has 2 rings (SSSR count). The summed E-state index contributed by atoms with van der Waals surface area (Å²) in [6.45, 7) is 12.1. The molecule has 2 heteroatoms. The third-order valence-corrected chi connectivity index (χ3v) is 2.92. The zero-order valence-corrected chi connectivity index (χ0v) is 12.6. The van der Waals surface area contributed by atoms with Crippen LogP contribution < -0.4 is 0 Å². The van der Waals surface area contributed by atoms with Crippen molar-refractivity contribution in [2.45, 2.75) is 41.5 Å². The predicted molar refractivity (Wildman–Crippen MR) is 79.7 cm³/mol. The highest BCUT2D eigenvalue weighted by molar-refractivity contribution is 7.15. The molecule has 0 amide bonds. The topological polar surface area (TPSA) is 12.9 Å². The summed E-state index contributed by atoms with van der Waals surface area (Å²) in [5, 5.41) is 1.12. The van der Waals surface area contributed by atoms with Crippen LogP contribution >= 0.6 is 11.3 Å². The Bertz CT molecular complexity index is 401. The van der Waals surface area contributed by atoms with Crippen LogP contribution in [0.1, 0.15) is 38.3 Å². The Labute approximate surface area is 110 Å². The third-order valence-electron chi connectivity index (χ3n) is 1.96. The molecule has 2 aromatic rings. The van der Waals surface area contributed by atoms with Crippen molar-refractivity contribution in [1.29, 1.82) is 0 Å². The number of aromatic nitrogens is 1. The smallest absolute Gasteiger partial charge is 0.0900 e. The zero-order valence-electron chi connectivity index (χ0n) is 11.7.